The summed E-state index contributed by atoms with van der Waals surface area (Å²) in [6.45, 7) is 23.9. The van der Waals surface area contributed by atoms with E-state index in [0.717, 1.165) is 5.56 Å². The number of likely N-dealkylation sites (tertiary alicyclic amines) is 1. The van der Waals surface area contributed by atoms with Gasteiger partial charge in [-0.25, -0.2) is 19.2 Å². The summed E-state index contributed by atoms with van der Waals surface area (Å²) < 4.78 is 35.5. The lowest BCUT2D eigenvalue weighted by Gasteiger charge is -2.37. The van der Waals surface area contributed by atoms with Crippen molar-refractivity contribution in [3.63, 3.8) is 0 Å². The van der Waals surface area contributed by atoms with Crippen LogP contribution in [0.4, 0.5) is 14.4 Å². The Labute approximate surface area is 317 Å². The van der Waals surface area contributed by atoms with Gasteiger partial charge in [-0.3, -0.25) is 4.90 Å². The number of alkyl carbamates (subject to hydrolysis) is 1. The molecule has 298 valence electrons. The van der Waals surface area contributed by atoms with Crippen LogP contribution in [-0.4, -0.2) is 100 Å². The Balaban J connectivity index is 1.97. The van der Waals surface area contributed by atoms with Crippen LogP contribution in [-0.2, 0) is 39.7 Å². The first-order chi connectivity index (χ1) is 24.2. The summed E-state index contributed by atoms with van der Waals surface area (Å²) in [4.78, 5) is 57.8. The number of carbonyl (C=O) groups excluding carboxylic acids is 4. The lowest BCUT2D eigenvalue weighted by molar-refractivity contribution is -0.158. The monoisotopic (exact) mass is 745 g/mol. The van der Waals surface area contributed by atoms with Crippen LogP contribution in [0.5, 0.6) is 0 Å². The lowest BCUT2D eigenvalue weighted by Crippen LogP contribution is -2.55. The van der Waals surface area contributed by atoms with E-state index < -0.39 is 71.0 Å². The first-order valence-corrected chi connectivity index (χ1v) is 18.8. The first-order valence-electron chi connectivity index (χ1n) is 18.8. The molecule has 2 atom stereocenters. The smallest absolute Gasteiger partial charge is 0.457 e. The van der Waals surface area contributed by atoms with Gasteiger partial charge in [0.05, 0.1) is 17.2 Å². The summed E-state index contributed by atoms with van der Waals surface area (Å²) in [5.41, 5.74) is -4.07. The molecule has 3 rings (SSSR count). The Kier molecular flexibility index (Phi) is 14.0. The zero-order chi connectivity index (χ0) is 40.0. The van der Waals surface area contributed by atoms with E-state index in [1.165, 1.54) is 9.80 Å². The minimum atomic E-state index is -1.49. The fourth-order valence-corrected chi connectivity index (χ4v) is 6.26. The van der Waals surface area contributed by atoms with Crippen molar-refractivity contribution in [2.75, 3.05) is 19.6 Å². The second kappa shape index (κ2) is 16.9. The third-order valence-electron chi connectivity index (χ3n) is 9.36. The van der Waals surface area contributed by atoms with Crippen LogP contribution in [0, 0.1) is 0 Å². The predicted molar refractivity (Wildman–Crippen MR) is 202 cm³/mol. The maximum atomic E-state index is 14.5. The minimum absolute atomic E-state index is 0.00223. The first kappa shape index (κ1) is 43.9. The van der Waals surface area contributed by atoms with Gasteiger partial charge < -0.3 is 38.5 Å². The highest BCUT2D eigenvalue weighted by Crippen LogP contribution is 2.41. The van der Waals surface area contributed by atoms with Crippen LogP contribution in [0.15, 0.2) is 30.3 Å². The fourth-order valence-electron chi connectivity index (χ4n) is 6.26. The van der Waals surface area contributed by atoms with E-state index >= 15 is 0 Å². The molecule has 2 fully saturated rings. The number of rotatable bonds is 12. The van der Waals surface area contributed by atoms with Crippen LogP contribution in [0.3, 0.4) is 0 Å². The number of unbranched alkanes of at least 4 members (excludes halogenated alkanes) is 1. The van der Waals surface area contributed by atoms with Crippen molar-refractivity contribution in [3.05, 3.63) is 35.9 Å². The zero-order valence-corrected chi connectivity index (χ0v) is 34.4. The molecular weight excluding hydrogens is 681 g/mol. The molecule has 0 aromatic heterocycles. The molecule has 0 unspecified atom stereocenters. The maximum absolute atomic E-state index is 14.5. The van der Waals surface area contributed by atoms with E-state index in [4.69, 9.17) is 28.3 Å². The molecule has 2 aliphatic rings. The van der Waals surface area contributed by atoms with Gasteiger partial charge in [0.2, 0.25) is 0 Å². The van der Waals surface area contributed by atoms with Gasteiger partial charge in [-0.1, -0.05) is 43.2 Å². The molecule has 0 aliphatic carbocycles. The van der Waals surface area contributed by atoms with Crippen LogP contribution < -0.4 is 5.32 Å². The van der Waals surface area contributed by atoms with E-state index in [-0.39, 0.29) is 39.1 Å². The summed E-state index contributed by atoms with van der Waals surface area (Å²) in [6, 6.07) is 8.62. The van der Waals surface area contributed by atoms with Gasteiger partial charge >= 0.3 is 31.4 Å². The van der Waals surface area contributed by atoms with Crippen LogP contribution in [0.2, 0.25) is 6.32 Å². The van der Waals surface area contributed by atoms with Gasteiger partial charge in [-0.15, -0.1) is 0 Å². The minimum Gasteiger partial charge on any atom is -0.459 e. The van der Waals surface area contributed by atoms with Gasteiger partial charge in [0.15, 0.2) is 0 Å². The lowest BCUT2D eigenvalue weighted by atomic mass is 9.80. The number of esters is 1. The standard InChI is InChI=1S/C39H64BN3O10/c1-34(2,3)49-31(45)41-23-24-42(32(46)50-35(4,5)6)29-25-39(43(26-29)33(47)51-36(7,8)9,30(44)48-27-28-19-15-14-16-20-28)21-17-18-22-40-52-37(10,11)38(12,13)53-40/h14-16,19-20,29H,17-18,21-27H2,1-13H3,(H,41,45)/t29-,39+/m1/s1. The topological polar surface area (TPSA) is 142 Å². The summed E-state index contributed by atoms with van der Waals surface area (Å²) in [6.07, 6.45) is 0.0414. The van der Waals surface area contributed by atoms with Crippen LogP contribution in [0.25, 0.3) is 0 Å². The molecule has 0 spiro atoms. The van der Waals surface area contributed by atoms with E-state index in [0.29, 0.717) is 19.2 Å². The van der Waals surface area contributed by atoms with Gasteiger partial charge in [0, 0.05) is 26.1 Å². The molecule has 14 heteroatoms. The quantitative estimate of drug-likeness (QED) is 0.0989. The molecule has 2 heterocycles. The molecule has 2 saturated heterocycles. The number of nitrogens with one attached hydrogen (secondary N) is 1. The Morgan fingerprint density at radius 1 is 0.849 bits per heavy atom. The molecule has 1 aromatic carbocycles. The molecule has 1 N–H and O–H groups in total. The highest BCUT2D eigenvalue weighted by molar-refractivity contribution is 6.45. The molecule has 3 amide bonds. The average molecular weight is 746 g/mol. The Morgan fingerprint density at radius 2 is 1.42 bits per heavy atom. The van der Waals surface area contributed by atoms with Crippen molar-refractivity contribution in [1.82, 2.24) is 15.1 Å². The van der Waals surface area contributed by atoms with Gasteiger partial charge in [-0.2, -0.15) is 0 Å². The van der Waals surface area contributed by atoms with Gasteiger partial charge in [0.1, 0.15) is 28.9 Å². The second-order valence-electron chi connectivity index (χ2n) is 18.1. The zero-order valence-electron chi connectivity index (χ0n) is 34.4. The third-order valence-corrected chi connectivity index (χ3v) is 9.36. The van der Waals surface area contributed by atoms with E-state index in [2.05, 4.69) is 5.32 Å². The molecule has 13 nitrogen and oxygen atoms in total. The van der Waals surface area contributed by atoms with Crippen molar-refractivity contribution < 1.29 is 47.4 Å². The number of hydrogen-bond acceptors (Lipinski definition) is 10. The predicted octanol–water partition coefficient (Wildman–Crippen LogP) is 7.50. The number of amides is 3. The number of nitrogens with zero attached hydrogens (tertiary/aromatic N) is 2. The SMILES string of the molecule is CC(C)(C)OC(=O)NCCN(C(=O)OC(C)(C)C)[C@H]1CN(C(=O)OC(C)(C)C)[C@](CCCCB2OC(C)(C)C(C)(C)O2)(C(=O)OCc2ccccc2)C1. The molecule has 2 aliphatic heterocycles. The molecule has 0 saturated carbocycles. The van der Waals surface area contributed by atoms with E-state index in [1.54, 1.807) is 62.3 Å². The van der Waals surface area contributed by atoms with Crippen molar-refractivity contribution in [3.8, 4) is 0 Å². The largest absolute Gasteiger partial charge is 0.459 e. The van der Waals surface area contributed by atoms with E-state index in [9.17, 15) is 19.2 Å². The number of benzene rings is 1. The Bertz CT molecular complexity index is 1400. The second-order valence-corrected chi connectivity index (χ2v) is 18.1. The maximum Gasteiger partial charge on any atom is 0.457 e. The third kappa shape index (κ3) is 12.8. The van der Waals surface area contributed by atoms with Crippen LogP contribution in [0.1, 0.15) is 121 Å². The molecule has 1 aromatic rings. The average Bonchev–Trinajstić information content (AvgIpc) is 3.47. The summed E-state index contributed by atoms with van der Waals surface area (Å²) >= 11 is 0. The Morgan fingerprint density at radius 3 is 1.96 bits per heavy atom. The Hall–Kier alpha value is -3.52. The summed E-state index contributed by atoms with van der Waals surface area (Å²) in [7, 11) is -0.417. The van der Waals surface area contributed by atoms with Gasteiger partial charge in [0.25, 0.3) is 0 Å². The number of ether oxygens (including phenoxy) is 4. The van der Waals surface area contributed by atoms with Crippen molar-refractivity contribution in [2.45, 2.75) is 168 Å². The van der Waals surface area contributed by atoms with Crippen molar-refractivity contribution in [1.29, 1.82) is 0 Å². The van der Waals surface area contributed by atoms with Crippen molar-refractivity contribution >= 4 is 31.4 Å². The van der Waals surface area contributed by atoms with Gasteiger partial charge in [-0.05, 0) is 108 Å². The highest BCUT2D eigenvalue weighted by atomic mass is 16.7. The normalized spacial score (nSPS) is 21.2. The molecule has 0 radical (unpaired) electrons. The molecule has 0 bridgehead atoms. The number of hydrogen-bond donors (Lipinski definition) is 1. The summed E-state index contributed by atoms with van der Waals surface area (Å²) in [5.74, 6) is -0.596. The van der Waals surface area contributed by atoms with Crippen molar-refractivity contribution in [2.24, 2.45) is 0 Å². The fraction of sp³-hybridized carbons (Fsp3) is 0.744. The molecule has 53 heavy (non-hydrogen) atoms. The molecular formula is C39H64BN3O10. The summed E-state index contributed by atoms with van der Waals surface area (Å²) in [5, 5.41) is 2.71. The van der Waals surface area contributed by atoms with E-state index in [1.807, 2.05) is 58.0 Å². The number of carbonyl (C=O) groups is 4. The highest BCUT2D eigenvalue weighted by Gasteiger charge is 2.57. The van der Waals surface area contributed by atoms with Crippen LogP contribution >= 0.6 is 0 Å².